The number of benzene rings is 4. The summed E-state index contributed by atoms with van der Waals surface area (Å²) < 4.78 is 2.38. The highest BCUT2D eigenvalue weighted by Gasteiger charge is 2.25. The highest BCUT2D eigenvalue weighted by Crippen LogP contribution is 2.47. The molecule has 9 rings (SSSR count). The summed E-state index contributed by atoms with van der Waals surface area (Å²) in [6, 6.07) is 50.5. The summed E-state index contributed by atoms with van der Waals surface area (Å²) in [4.78, 5) is 13.9. The molecule has 7 aromatic rings. The minimum absolute atomic E-state index is 0.681. The number of para-hydroxylation sites is 1. The fourth-order valence-corrected chi connectivity index (χ4v) is 6.95. The predicted molar refractivity (Wildman–Crippen MR) is 205 cm³/mol. The average molecular weight is 649 g/mol. The molecule has 0 saturated heterocycles. The molecule has 4 aromatic carbocycles. The normalized spacial score (nSPS) is 12.0. The van der Waals surface area contributed by atoms with E-state index in [2.05, 4.69) is 167 Å². The molecule has 0 atom stereocenters. The predicted octanol–water partition coefficient (Wildman–Crippen LogP) is 11.8. The summed E-state index contributed by atoms with van der Waals surface area (Å²) in [5.74, 6) is 0. The van der Waals surface area contributed by atoms with Crippen LogP contribution in [0.5, 0.6) is 0 Å². The van der Waals surface area contributed by atoms with Gasteiger partial charge in [0.2, 0.25) is 0 Å². The van der Waals surface area contributed by atoms with Crippen molar-refractivity contribution in [1.29, 1.82) is 0 Å². The first-order valence-electron chi connectivity index (χ1n) is 16.3. The molecule has 0 saturated carbocycles. The maximum Gasteiger partial charge on any atom is 0.0737 e. The monoisotopic (exact) mass is 648 g/mol. The third-order valence-electron chi connectivity index (χ3n) is 8.94. The van der Waals surface area contributed by atoms with Crippen LogP contribution in [0.2, 0.25) is 5.02 Å². The maximum atomic E-state index is 6.50. The third-order valence-corrected chi connectivity index (χ3v) is 9.19. The van der Waals surface area contributed by atoms with Crippen LogP contribution < -0.4 is 0 Å². The number of aromatic nitrogens is 4. The highest BCUT2D eigenvalue weighted by molar-refractivity contribution is 6.30. The molecule has 5 heteroatoms. The van der Waals surface area contributed by atoms with Gasteiger partial charge in [0.15, 0.2) is 0 Å². The quantitative estimate of drug-likeness (QED) is 0.206. The topological polar surface area (TPSA) is 46.5 Å². The SMILES string of the molecule is Clc1ccc(-c2c3nc(cc4ccc(cc5nc(cc6c(-c7ccccc7)c(-c7ccccc7)c2n6-c2ccccc2)C=C5)[nH]4)C=C3)cc1. The Morgan fingerprint density at radius 1 is 0.469 bits per heavy atom. The molecule has 1 N–H and O–H groups in total. The van der Waals surface area contributed by atoms with E-state index in [1.807, 2.05) is 12.1 Å². The van der Waals surface area contributed by atoms with E-state index in [0.717, 1.165) is 83.9 Å². The van der Waals surface area contributed by atoms with Gasteiger partial charge in [-0.25, -0.2) is 9.97 Å². The van der Waals surface area contributed by atoms with Crippen molar-refractivity contribution in [3.63, 3.8) is 0 Å². The van der Waals surface area contributed by atoms with E-state index in [1.165, 1.54) is 0 Å². The van der Waals surface area contributed by atoms with Gasteiger partial charge in [0.25, 0.3) is 0 Å². The standard InChI is InChI=1S/C44H29ClN4/c45-32-18-16-31(17-19-32)41-39-25-24-36(48-39)27-35-21-20-33(46-35)26-34-22-23-37(47-34)28-40-42(29-10-4-1-5-11-29)43(30-12-6-2-7-13-30)44(41)49(40)38-14-8-3-9-15-38/h1-28,46H. The van der Waals surface area contributed by atoms with Crippen LogP contribution >= 0.6 is 11.6 Å². The van der Waals surface area contributed by atoms with E-state index < -0.39 is 0 Å². The van der Waals surface area contributed by atoms with E-state index >= 15 is 0 Å². The fourth-order valence-electron chi connectivity index (χ4n) is 6.82. The Morgan fingerprint density at radius 2 is 1.00 bits per heavy atom. The summed E-state index contributed by atoms with van der Waals surface area (Å²) in [6.07, 6.45) is 8.37. The molecule has 3 aromatic heterocycles. The highest BCUT2D eigenvalue weighted by atomic mass is 35.5. The van der Waals surface area contributed by atoms with Crippen molar-refractivity contribution < 1.29 is 0 Å². The Kier molecular flexibility index (Phi) is 7.15. The van der Waals surface area contributed by atoms with Gasteiger partial charge in [-0.1, -0.05) is 103 Å². The van der Waals surface area contributed by atoms with Crippen LogP contribution in [0, 0.1) is 0 Å². The molecule has 5 heterocycles. The zero-order chi connectivity index (χ0) is 32.7. The van der Waals surface area contributed by atoms with Gasteiger partial charge in [0, 0.05) is 38.4 Å². The van der Waals surface area contributed by atoms with Crippen molar-refractivity contribution in [2.24, 2.45) is 0 Å². The van der Waals surface area contributed by atoms with Gasteiger partial charge in [-0.3, -0.25) is 0 Å². The van der Waals surface area contributed by atoms with Crippen molar-refractivity contribution in [3.8, 4) is 39.1 Å². The largest absolute Gasteiger partial charge is 0.355 e. The van der Waals surface area contributed by atoms with Crippen LogP contribution in [0.3, 0.4) is 0 Å². The molecule has 0 aliphatic carbocycles. The Balaban J connectivity index is 1.61. The number of nitrogens with one attached hydrogen (secondary N) is 1. The number of nitrogens with zero attached hydrogens (tertiary/aromatic N) is 3. The lowest BCUT2D eigenvalue weighted by atomic mass is 9.93. The van der Waals surface area contributed by atoms with Crippen LogP contribution in [0.15, 0.2) is 146 Å². The van der Waals surface area contributed by atoms with Crippen LogP contribution in [0.4, 0.5) is 0 Å². The van der Waals surface area contributed by atoms with Gasteiger partial charge in [0.05, 0.1) is 33.8 Å². The van der Waals surface area contributed by atoms with Crippen molar-refractivity contribution >= 4 is 58.0 Å². The summed E-state index contributed by atoms with van der Waals surface area (Å²) in [5.41, 5.74) is 15.0. The first-order valence-corrected chi connectivity index (χ1v) is 16.6. The average Bonchev–Trinajstić information content (AvgIpc) is 3.95. The molecular weight excluding hydrogens is 620 g/mol. The van der Waals surface area contributed by atoms with Crippen LogP contribution in [0.25, 0.3) is 85.4 Å². The summed E-state index contributed by atoms with van der Waals surface area (Å²) in [7, 11) is 0. The zero-order valence-corrected chi connectivity index (χ0v) is 27.1. The van der Waals surface area contributed by atoms with Crippen LogP contribution in [-0.4, -0.2) is 19.5 Å². The third kappa shape index (κ3) is 5.38. The lowest BCUT2D eigenvalue weighted by molar-refractivity contribution is 1.17. The molecule has 2 aliphatic heterocycles. The Hall–Kier alpha value is -6.23. The second-order valence-corrected chi connectivity index (χ2v) is 12.6. The summed E-state index contributed by atoms with van der Waals surface area (Å²) in [6.45, 7) is 0. The van der Waals surface area contributed by atoms with E-state index in [1.54, 1.807) is 0 Å². The maximum absolute atomic E-state index is 6.50. The van der Waals surface area contributed by atoms with Crippen molar-refractivity contribution in [1.82, 2.24) is 19.5 Å². The molecule has 4 nitrogen and oxygen atoms in total. The van der Waals surface area contributed by atoms with Gasteiger partial charge in [-0.2, -0.15) is 0 Å². The lowest BCUT2D eigenvalue weighted by Gasteiger charge is -2.13. The summed E-state index contributed by atoms with van der Waals surface area (Å²) >= 11 is 6.50. The van der Waals surface area contributed by atoms with Gasteiger partial charge in [-0.15, -0.1) is 0 Å². The molecule has 8 bridgehead atoms. The van der Waals surface area contributed by atoms with E-state index in [-0.39, 0.29) is 0 Å². The van der Waals surface area contributed by atoms with Crippen LogP contribution in [0.1, 0.15) is 22.8 Å². The number of halogens is 1. The van der Waals surface area contributed by atoms with Gasteiger partial charge in [0.1, 0.15) is 0 Å². The van der Waals surface area contributed by atoms with Gasteiger partial charge in [-0.05, 0) is 95.6 Å². The number of hydrogen-bond donors (Lipinski definition) is 1. The Labute approximate surface area is 289 Å². The molecule has 0 fully saturated rings. The number of hydrogen-bond acceptors (Lipinski definition) is 2. The van der Waals surface area contributed by atoms with E-state index in [4.69, 9.17) is 21.6 Å². The second kappa shape index (κ2) is 12.1. The minimum atomic E-state index is 0.681. The molecule has 49 heavy (non-hydrogen) atoms. The van der Waals surface area contributed by atoms with Crippen molar-refractivity contribution in [2.45, 2.75) is 0 Å². The summed E-state index contributed by atoms with van der Waals surface area (Å²) in [5, 5.41) is 0.681. The van der Waals surface area contributed by atoms with E-state index in [9.17, 15) is 0 Å². The molecule has 0 unspecified atom stereocenters. The fraction of sp³-hybridized carbons (Fsp3) is 0. The molecule has 0 radical (unpaired) electrons. The minimum Gasteiger partial charge on any atom is -0.355 e. The number of fused-ring (bicyclic) bond motifs is 8. The molecule has 2 aliphatic rings. The zero-order valence-electron chi connectivity index (χ0n) is 26.4. The number of aromatic amines is 1. The van der Waals surface area contributed by atoms with Gasteiger partial charge < -0.3 is 9.55 Å². The van der Waals surface area contributed by atoms with Crippen molar-refractivity contribution in [2.75, 3.05) is 0 Å². The lowest BCUT2D eigenvalue weighted by Crippen LogP contribution is -1.97. The first-order chi connectivity index (χ1) is 24.2. The first kappa shape index (κ1) is 29.0. The molecule has 232 valence electrons. The van der Waals surface area contributed by atoms with Gasteiger partial charge >= 0.3 is 0 Å². The van der Waals surface area contributed by atoms with E-state index in [0.29, 0.717) is 5.02 Å². The molecular formula is C44H29ClN4. The number of rotatable bonds is 4. The molecule has 0 spiro atoms. The number of H-pyrrole nitrogens is 1. The van der Waals surface area contributed by atoms with Crippen LogP contribution in [-0.2, 0) is 0 Å². The molecule has 0 amide bonds. The second-order valence-electron chi connectivity index (χ2n) is 12.1. The Morgan fingerprint density at radius 3 is 1.65 bits per heavy atom. The Bertz CT molecular complexity index is 2580. The smallest absolute Gasteiger partial charge is 0.0737 e. The van der Waals surface area contributed by atoms with Crippen molar-refractivity contribution in [3.05, 3.63) is 173 Å².